The van der Waals surface area contributed by atoms with Crippen molar-refractivity contribution < 1.29 is 19.7 Å². The number of aromatic nitrogens is 1. The zero-order valence-corrected chi connectivity index (χ0v) is 14.2. The Kier molecular flexibility index (Phi) is 4.93. The van der Waals surface area contributed by atoms with Crippen molar-refractivity contribution >= 4 is 28.6 Å². The lowest BCUT2D eigenvalue weighted by molar-refractivity contribution is -0.122. The van der Waals surface area contributed by atoms with Crippen LogP contribution in [0.1, 0.15) is 19.3 Å². The Bertz CT molecular complexity index is 746. The molecule has 0 radical (unpaired) electrons. The van der Waals surface area contributed by atoms with Gasteiger partial charge in [0.1, 0.15) is 5.75 Å². The summed E-state index contributed by atoms with van der Waals surface area (Å²) in [5, 5.41) is 22.9. The highest BCUT2D eigenvalue weighted by atomic mass is 32.2. The van der Waals surface area contributed by atoms with E-state index in [0.717, 1.165) is 35.1 Å². The van der Waals surface area contributed by atoms with Crippen molar-refractivity contribution in [2.75, 3.05) is 13.7 Å². The molecule has 3 N–H and O–H groups in total. The molecular weight excluding hydrogens is 328 g/mol. The quantitative estimate of drug-likeness (QED) is 0.688. The molecule has 1 heterocycles. The highest BCUT2D eigenvalue weighted by molar-refractivity contribution is 8.01. The first-order valence-electron chi connectivity index (χ1n) is 7.81. The van der Waals surface area contributed by atoms with Gasteiger partial charge in [-0.3, -0.25) is 9.78 Å². The molecule has 0 saturated heterocycles. The van der Waals surface area contributed by atoms with Crippen LogP contribution in [0.2, 0.25) is 0 Å². The number of aliphatic hydroxyl groups excluding tert-OH is 1. The predicted octanol–water partition coefficient (Wildman–Crippen LogP) is 1.69. The number of carbonyl (C=O) groups excluding carboxylic acids is 1. The van der Waals surface area contributed by atoms with Crippen LogP contribution in [0.3, 0.4) is 0 Å². The van der Waals surface area contributed by atoms with Gasteiger partial charge < -0.3 is 20.3 Å². The maximum Gasteiger partial charge on any atom is 0.257 e. The number of amides is 1. The average molecular weight is 348 g/mol. The van der Waals surface area contributed by atoms with E-state index in [1.165, 1.54) is 11.8 Å². The standard InChI is InChI=1S/C17H20N2O4S/c1-18-15(20)10-23-11-3-4-13-12(9-11)14(5-8-19-13)24-17(16(21)22)6-2-7-17/h3-5,8-9,16,21-22H,2,6-7,10H2,1H3,(H,18,20). The summed E-state index contributed by atoms with van der Waals surface area (Å²) in [6.07, 6.45) is 2.89. The summed E-state index contributed by atoms with van der Waals surface area (Å²) in [4.78, 5) is 16.6. The minimum absolute atomic E-state index is 0.0516. The topological polar surface area (TPSA) is 91.7 Å². The molecule has 1 aliphatic rings. The summed E-state index contributed by atoms with van der Waals surface area (Å²) in [5.41, 5.74) is 0.800. The molecule has 1 fully saturated rings. The third-order valence-corrected chi connectivity index (χ3v) is 5.91. The highest BCUT2D eigenvalue weighted by Gasteiger charge is 2.44. The second-order valence-corrected chi connectivity index (χ2v) is 7.30. The fraction of sp³-hybridized carbons (Fsp3) is 0.412. The third kappa shape index (κ3) is 3.33. The first-order chi connectivity index (χ1) is 11.5. The Balaban J connectivity index is 1.88. The van der Waals surface area contributed by atoms with Crippen LogP contribution in [0.4, 0.5) is 0 Å². The lowest BCUT2D eigenvalue weighted by Gasteiger charge is -2.42. The molecule has 2 aromatic rings. The number of nitrogens with one attached hydrogen (secondary N) is 1. The molecule has 0 unspecified atom stereocenters. The summed E-state index contributed by atoms with van der Waals surface area (Å²) < 4.78 is 4.94. The molecule has 1 aliphatic carbocycles. The van der Waals surface area contributed by atoms with Gasteiger partial charge in [-0.1, -0.05) is 6.42 Å². The van der Waals surface area contributed by atoms with Crippen LogP contribution in [-0.4, -0.2) is 45.8 Å². The van der Waals surface area contributed by atoms with Crippen LogP contribution in [0, 0.1) is 0 Å². The smallest absolute Gasteiger partial charge is 0.257 e. The van der Waals surface area contributed by atoms with Crippen LogP contribution in [0.25, 0.3) is 10.9 Å². The number of pyridine rings is 1. The highest BCUT2D eigenvalue weighted by Crippen LogP contribution is 2.50. The molecule has 0 spiro atoms. The summed E-state index contributed by atoms with van der Waals surface area (Å²) in [5.74, 6) is 0.376. The molecule has 1 aromatic heterocycles. The van der Waals surface area contributed by atoms with Gasteiger partial charge >= 0.3 is 0 Å². The van der Waals surface area contributed by atoms with Gasteiger partial charge in [-0.05, 0) is 37.1 Å². The number of thioether (sulfide) groups is 1. The van der Waals surface area contributed by atoms with E-state index in [2.05, 4.69) is 10.3 Å². The predicted molar refractivity (Wildman–Crippen MR) is 92.0 cm³/mol. The van der Waals surface area contributed by atoms with Crippen LogP contribution >= 0.6 is 11.8 Å². The Morgan fingerprint density at radius 3 is 2.83 bits per heavy atom. The molecule has 6 nitrogen and oxygen atoms in total. The number of benzene rings is 1. The number of hydrogen-bond acceptors (Lipinski definition) is 6. The maximum atomic E-state index is 11.3. The van der Waals surface area contributed by atoms with E-state index >= 15 is 0 Å². The van der Waals surface area contributed by atoms with Crippen LogP contribution in [-0.2, 0) is 4.79 Å². The van der Waals surface area contributed by atoms with E-state index in [9.17, 15) is 15.0 Å². The van der Waals surface area contributed by atoms with Gasteiger partial charge in [-0.2, -0.15) is 0 Å². The summed E-state index contributed by atoms with van der Waals surface area (Å²) in [7, 11) is 1.56. The number of hydrogen-bond donors (Lipinski definition) is 3. The van der Waals surface area contributed by atoms with Gasteiger partial charge in [-0.25, -0.2) is 0 Å². The minimum Gasteiger partial charge on any atom is -0.484 e. The fourth-order valence-corrected chi connectivity index (χ4v) is 4.10. The van der Waals surface area contributed by atoms with E-state index in [4.69, 9.17) is 4.74 Å². The Morgan fingerprint density at radius 1 is 1.42 bits per heavy atom. The zero-order chi connectivity index (χ0) is 17.2. The van der Waals surface area contributed by atoms with E-state index < -0.39 is 11.0 Å². The minimum atomic E-state index is -1.35. The number of fused-ring (bicyclic) bond motifs is 1. The van der Waals surface area contributed by atoms with Crippen LogP contribution in [0.5, 0.6) is 5.75 Å². The molecule has 0 bridgehead atoms. The molecule has 3 rings (SSSR count). The first-order valence-corrected chi connectivity index (χ1v) is 8.63. The van der Waals surface area contributed by atoms with Crippen molar-refractivity contribution in [1.82, 2.24) is 10.3 Å². The molecule has 1 saturated carbocycles. The van der Waals surface area contributed by atoms with E-state index in [-0.39, 0.29) is 12.5 Å². The zero-order valence-electron chi connectivity index (χ0n) is 13.4. The molecule has 7 heteroatoms. The largest absolute Gasteiger partial charge is 0.484 e. The van der Waals surface area contributed by atoms with E-state index in [1.54, 1.807) is 19.3 Å². The molecule has 24 heavy (non-hydrogen) atoms. The van der Waals surface area contributed by atoms with Gasteiger partial charge in [-0.15, -0.1) is 11.8 Å². The van der Waals surface area contributed by atoms with Gasteiger partial charge in [0, 0.05) is 23.5 Å². The van der Waals surface area contributed by atoms with Crippen LogP contribution in [0.15, 0.2) is 35.4 Å². The average Bonchev–Trinajstić information content (AvgIpc) is 2.55. The molecular formula is C17H20N2O4S. The summed E-state index contributed by atoms with van der Waals surface area (Å²) in [6.45, 7) is -0.0516. The number of nitrogens with zero attached hydrogens (tertiary/aromatic N) is 1. The van der Waals surface area contributed by atoms with Gasteiger partial charge in [0.05, 0.1) is 10.3 Å². The van der Waals surface area contributed by atoms with Crippen molar-refractivity contribution in [3.63, 3.8) is 0 Å². The van der Waals surface area contributed by atoms with Crippen molar-refractivity contribution in [3.05, 3.63) is 30.5 Å². The molecule has 0 atom stereocenters. The number of ether oxygens (including phenoxy) is 1. The second-order valence-electron chi connectivity index (χ2n) is 5.84. The molecule has 1 amide bonds. The van der Waals surface area contributed by atoms with Crippen molar-refractivity contribution in [3.8, 4) is 5.75 Å². The van der Waals surface area contributed by atoms with Gasteiger partial charge in [0.25, 0.3) is 5.91 Å². The Hall–Kier alpha value is -1.83. The number of carbonyl (C=O) groups is 1. The lowest BCUT2D eigenvalue weighted by atomic mass is 9.84. The van der Waals surface area contributed by atoms with Crippen LogP contribution < -0.4 is 10.1 Å². The number of rotatable bonds is 6. The monoisotopic (exact) mass is 348 g/mol. The third-order valence-electron chi connectivity index (χ3n) is 4.31. The SMILES string of the molecule is CNC(=O)COc1ccc2nccc(SC3(C(O)O)CCC3)c2c1. The van der Waals surface area contributed by atoms with Crippen molar-refractivity contribution in [1.29, 1.82) is 0 Å². The summed E-state index contributed by atoms with van der Waals surface area (Å²) >= 11 is 1.48. The van der Waals surface area contributed by atoms with Gasteiger partial charge in [0.2, 0.25) is 0 Å². The second kappa shape index (κ2) is 6.96. The molecule has 0 aliphatic heterocycles. The maximum absolute atomic E-state index is 11.3. The van der Waals surface area contributed by atoms with Crippen molar-refractivity contribution in [2.24, 2.45) is 0 Å². The van der Waals surface area contributed by atoms with E-state index in [1.807, 2.05) is 18.2 Å². The normalized spacial score (nSPS) is 16.0. The Labute approximate surface area is 144 Å². The Morgan fingerprint density at radius 2 is 2.21 bits per heavy atom. The van der Waals surface area contributed by atoms with Crippen molar-refractivity contribution in [2.45, 2.75) is 35.2 Å². The lowest BCUT2D eigenvalue weighted by Crippen LogP contribution is -2.45. The summed E-state index contributed by atoms with van der Waals surface area (Å²) in [6, 6.07) is 7.32. The fourth-order valence-electron chi connectivity index (χ4n) is 2.66. The van der Waals surface area contributed by atoms with E-state index in [0.29, 0.717) is 5.75 Å². The number of aliphatic hydroxyl groups is 2. The number of likely N-dealkylation sites (N-methyl/N-ethyl adjacent to an activating group) is 1. The first kappa shape index (κ1) is 17.0. The molecule has 128 valence electrons. The van der Waals surface area contributed by atoms with Gasteiger partial charge in [0.15, 0.2) is 12.9 Å². The molecule has 1 aromatic carbocycles.